The molecule has 0 spiro atoms. The number of rotatable bonds is 7. The Balaban J connectivity index is 1.82. The maximum atomic E-state index is 13.3. The van der Waals surface area contributed by atoms with Crippen molar-refractivity contribution in [2.75, 3.05) is 13.1 Å². The molecule has 2 saturated heterocycles. The largest absolute Gasteiger partial charge is 0.481 e. The number of nitrogens with one attached hydrogen (secondary N) is 2. The Labute approximate surface area is 192 Å². The lowest BCUT2D eigenvalue weighted by molar-refractivity contribution is -0.155. The number of hydrazine groups is 2. The minimum Gasteiger partial charge on any atom is -0.481 e. The number of thiazole rings is 1. The first kappa shape index (κ1) is 24.1. The second-order valence-electron chi connectivity index (χ2n) is 7.64. The number of hydrogen-bond donors (Lipinski definition) is 3. The molecule has 13 nitrogen and oxygen atoms in total. The average Bonchev–Trinajstić information content (AvgIpc) is 3.06. The van der Waals surface area contributed by atoms with E-state index in [1.54, 1.807) is 13.8 Å². The van der Waals surface area contributed by atoms with E-state index in [-0.39, 0.29) is 25.9 Å². The molecule has 2 fully saturated rings. The maximum Gasteiger partial charge on any atom is 0.358 e. The van der Waals surface area contributed by atoms with Gasteiger partial charge in [-0.05, 0) is 26.7 Å². The van der Waals surface area contributed by atoms with Crippen molar-refractivity contribution in [3.63, 3.8) is 0 Å². The molecule has 2 atom stereocenters. The average molecular weight is 481 g/mol. The van der Waals surface area contributed by atoms with Gasteiger partial charge in [0.05, 0.1) is 29.7 Å². The number of nitrogens with zero attached hydrogens (tertiary/aromatic N) is 4. The van der Waals surface area contributed by atoms with Crippen molar-refractivity contribution >= 4 is 47.3 Å². The molecule has 3 N–H and O–H groups in total. The summed E-state index contributed by atoms with van der Waals surface area (Å²) in [4.78, 5) is 78.1. The number of amides is 5. The summed E-state index contributed by atoms with van der Waals surface area (Å²) in [6.07, 6.45) is 0.217. The summed E-state index contributed by atoms with van der Waals surface area (Å²) in [7, 11) is 0. The molecule has 0 radical (unpaired) electrons. The number of fused-ring (bicyclic) bond motifs is 1. The molecule has 33 heavy (non-hydrogen) atoms. The van der Waals surface area contributed by atoms with Gasteiger partial charge >= 0.3 is 12.0 Å². The third-order valence-electron chi connectivity index (χ3n) is 5.20. The highest BCUT2D eigenvalue weighted by Gasteiger charge is 2.44. The fraction of sp³-hybridized carbons (Fsp3) is 0.526. The molecule has 5 amide bonds. The summed E-state index contributed by atoms with van der Waals surface area (Å²) < 4.78 is 0. The molecule has 3 rings (SSSR count). The van der Waals surface area contributed by atoms with Crippen LogP contribution in [-0.4, -0.2) is 86.3 Å². The van der Waals surface area contributed by atoms with Crippen LogP contribution in [0.1, 0.15) is 46.1 Å². The summed E-state index contributed by atoms with van der Waals surface area (Å²) in [6, 6.07) is -3.22. The van der Waals surface area contributed by atoms with E-state index in [1.165, 1.54) is 0 Å². The minimum absolute atomic E-state index is 0.0759. The number of urea groups is 1. The Morgan fingerprint density at radius 3 is 2.61 bits per heavy atom. The van der Waals surface area contributed by atoms with Crippen molar-refractivity contribution in [3.8, 4) is 0 Å². The first-order chi connectivity index (χ1) is 15.6. The molecule has 3 heterocycles. The number of carbonyl (C=O) groups excluding carboxylic acids is 5. The van der Waals surface area contributed by atoms with Crippen LogP contribution in [0.25, 0.3) is 0 Å². The third kappa shape index (κ3) is 5.27. The molecule has 0 bridgehead atoms. The zero-order valence-electron chi connectivity index (χ0n) is 18.1. The van der Waals surface area contributed by atoms with Gasteiger partial charge in [-0.25, -0.2) is 24.8 Å². The van der Waals surface area contributed by atoms with Gasteiger partial charge in [0.2, 0.25) is 11.8 Å². The third-order valence-corrected chi connectivity index (χ3v) is 6.27. The van der Waals surface area contributed by atoms with E-state index in [2.05, 4.69) is 15.7 Å². The predicted molar refractivity (Wildman–Crippen MR) is 113 cm³/mol. The van der Waals surface area contributed by atoms with Crippen LogP contribution in [0.3, 0.4) is 0 Å². The van der Waals surface area contributed by atoms with E-state index in [1.807, 2.05) is 0 Å². The van der Waals surface area contributed by atoms with Crippen molar-refractivity contribution in [3.05, 3.63) is 15.6 Å². The second kappa shape index (κ2) is 9.94. The van der Waals surface area contributed by atoms with Crippen LogP contribution in [0.2, 0.25) is 0 Å². The Morgan fingerprint density at radius 1 is 1.27 bits per heavy atom. The predicted octanol–water partition coefficient (Wildman–Crippen LogP) is -0.403. The molecule has 2 aliphatic heterocycles. The van der Waals surface area contributed by atoms with Crippen molar-refractivity contribution in [2.24, 2.45) is 0 Å². The number of carboxylic acid groups (broad SMARTS) is 1. The maximum absolute atomic E-state index is 13.3. The number of aromatic nitrogens is 1. The summed E-state index contributed by atoms with van der Waals surface area (Å²) in [6.45, 7) is 3.52. The molecular formula is C19H24N6O7S. The summed E-state index contributed by atoms with van der Waals surface area (Å²) in [5, 5.41) is 15.0. The molecule has 1 aromatic heterocycles. The van der Waals surface area contributed by atoms with E-state index in [0.29, 0.717) is 28.3 Å². The Bertz CT molecular complexity index is 995. The molecule has 2 unspecified atom stereocenters. The van der Waals surface area contributed by atoms with Crippen molar-refractivity contribution in [1.82, 2.24) is 30.8 Å². The lowest BCUT2D eigenvalue weighted by Gasteiger charge is -2.42. The van der Waals surface area contributed by atoms with Gasteiger partial charge in [-0.15, -0.1) is 11.3 Å². The standard InChI is InChI=1S/C19H24N6O7S/c1-10-16(33-11(2)20-10)18(31)22-23-7-5-14(27)24-6-3-4-13(25(24)19(23)32)17(30)21-12(9-26)8-15(28)29/h9,12-13H,3-8H2,1-2H3,(H,21,30)(H,22,31)(H,28,29). The highest BCUT2D eigenvalue weighted by atomic mass is 32.1. The number of aliphatic carboxylic acids is 1. The van der Waals surface area contributed by atoms with Gasteiger partial charge < -0.3 is 15.2 Å². The zero-order chi connectivity index (χ0) is 24.3. The lowest BCUT2D eigenvalue weighted by Crippen LogP contribution is -2.64. The summed E-state index contributed by atoms with van der Waals surface area (Å²) in [5.74, 6) is -3.00. The molecule has 178 valence electrons. The molecule has 0 saturated carbocycles. The number of carboxylic acids is 1. The van der Waals surface area contributed by atoms with Gasteiger partial charge in [-0.1, -0.05) is 0 Å². The second-order valence-corrected chi connectivity index (χ2v) is 8.84. The molecule has 0 aromatic carbocycles. The number of aryl methyl sites for hydroxylation is 2. The minimum atomic E-state index is -1.28. The van der Waals surface area contributed by atoms with Gasteiger partial charge in [-0.2, -0.15) is 0 Å². The van der Waals surface area contributed by atoms with Gasteiger partial charge in [0.15, 0.2) is 0 Å². The first-order valence-corrected chi connectivity index (χ1v) is 11.1. The zero-order valence-corrected chi connectivity index (χ0v) is 18.9. The Kier molecular flexibility index (Phi) is 7.26. The molecule has 14 heteroatoms. The summed E-state index contributed by atoms with van der Waals surface area (Å²) >= 11 is 1.16. The first-order valence-electron chi connectivity index (χ1n) is 10.3. The van der Waals surface area contributed by atoms with E-state index in [9.17, 15) is 28.8 Å². The van der Waals surface area contributed by atoms with Crippen LogP contribution in [0.4, 0.5) is 4.79 Å². The van der Waals surface area contributed by atoms with E-state index in [0.717, 1.165) is 26.4 Å². The monoisotopic (exact) mass is 480 g/mol. The molecule has 1 aromatic rings. The Morgan fingerprint density at radius 2 is 2.00 bits per heavy atom. The molecule has 0 aliphatic carbocycles. The van der Waals surface area contributed by atoms with E-state index in [4.69, 9.17) is 5.11 Å². The van der Waals surface area contributed by atoms with Crippen LogP contribution in [0, 0.1) is 13.8 Å². The van der Waals surface area contributed by atoms with Gasteiger partial charge in [0.1, 0.15) is 17.2 Å². The topological polar surface area (TPSA) is 169 Å². The molecular weight excluding hydrogens is 456 g/mol. The Hall–Kier alpha value is -3.55. The highest BCUT2D eigenvalue weighted by molar-refractivity contribution is 7.13. The number of aldehydes is 1. The van der Waals surface area contributed by atoms with Gasteiger partial charge in [0.25, 0.3) is 5.91 Å². The fourth-order valence-electron chi connectivity index (χ4n) is 3.73. The van der Waals surface area contributed by atoms with E-state index >= 15 is 0 Å². The van der Waals surface area contributed by atoms with Crippen LogP contribution >= 0.6 is 11.3 Å². The normalized spacial score (nSPS) is 19.5. The fourth-order valence-corrected chi connectivity index (χ4v) is 4.54. The summed E-state index contributed by atoms with van der Waals surface area (Å²) in [5.41, 5.74) is 3.00. The van der Waals surface area contributed by atoms with Crippen LogP contribution < -0.4 is 10.7 Å². The highest BCUT2D eigenvalue weighted by Crippen LogP contribution is 2.24. The number of carbonyl (C=O) groups is 6. The van der Waals surface area contributed by atoms with Crippen LogP contribution in [0.15, 0.2) is 0 Å². The van der Waals surface area contributed by atoms with Crippen LogP contribution in [0.5, 0.6) is 0 Å². The van der Waals surface area contributed by atoms with Crippen molar-refractivity contribution in [1.29, 1.82) is 0 Å². The smallest absolute Gasteiger partial charge is 0.358 e. The van der Waals surface area contributed by atoms with Crippen molar-refractivity contribution in [2.45, 2.75) is 51.6 Å². The van der Waals surface area contributed by atoms with Crippen LogP contribution in [-0.2, 0) is 19.2 Å². The van der Waals surface area contributed by atoms with Gasteiger partial charge in [-0.3, -0.25) is 24.6 Å². The SMILES string of the molecule is Cc1nc(C)c(C(=O)NN2CCC(=O)N3CCCC(C(=O)NC(C=O)CC(=O)O)N3C2=O)s1. The number of hydrogen-bond acceptors (Lipinski definition) is 8. The lowest BCUT2D eigenvalue weighted by atomic mass is 10.1. The van der Waals surface area contributed by atoms with Gasteiger partial charge in [0, 0.05) is 13.0 Å². The molecule has 2 aliphatic rings. The van der Waals surface area contributed by atoms with E-state index < -0.39 is 48.2 Å². The quantitative estimate of drug-likeness (QED) is 0.443. The van der Waals surface area contributed by atoms with Crippen molar-refractivity contribution < 1.29 is 33.9 Å².